The Morgan fingerprint density at radius 2 is 2.14 bits per heavy atom. The molecule has 5 rings (SSSR count). The number of fused-ring (bicyclic) bond motifs is 5. The maximum atomic E-state index is 14.2. The fraction of sp³-hybridized carbons (Fsp3) is 0.440. The lowest BCUT2D eigenvalue weighted by Crippen LogP contribution is -2.52. The molecule has 1 saturated heterocycles. The fourth-order valence-corrected chi connectivity index (χ4v) is 5.32. The molecular formula is C25H26F2N4O5. The van der Waals surface area contributed by atoms with Gasteiger partial charge in [-0.3, -0.25) is 14.4 Å². The van der Waals surface area contributed by atoms with Crippen molar-refractivity contribution in [2.45, 2.75) is 57.3 Å². The predicted molar refractivity (Wildman–Crippen MR) is 125 cm³/mol. The maximum Gasteiger partial charge on any atom is 0.274 e. The van der Waals surface area contributed by atoms with Crippen LogP contribution in [0, 0.1) is 12.7 Å². The summed E-state index contributed by atoms with van der Waals surface area (Å²) in [7, 11) is 0. The quantitative estimate of drug-likeness (QED) is 0.670. The van der Waals surface area contributed by atoms with E-state index in [2.05, 4.69) is 10.5 Å². The Hall–Kier alpha value is -3.76. The number of amides is 2. The first-order valence-corrected chi connectivity index (χ1v) is 11.8. The largest absolute Gasteiger partial charge is 0.503 e. The Bertz CT molecular complexity index is 1360. The third-order valence-corrected chi connectivity index (χ3v) is 7.41. The SMILES string of the molecule is Cc1ccc(CNC(=O)c2cn3c(c(O)c2=O)C(=O)N2C[C@@H]3[C@@]3(CC[C@@H]2C)CC(CF)=NO3)c(F)c1. The summed E-state index contributed by atoms with van der Waals surface area (Å²) in [5.74, 6) is -2.71. The van der Waals surface area contributed by atoms with Crippen molar-refractivity contribution in [2.24, 2.45) is 5.16 Å². The first kappa shape index (κ1) is 24.0. The lowest BCUT2D eigenvalue weighted by Gasteiger charge is -2.41. The van der Waals surface area contributed by atoms with Crippen molar-refractivity contribution in [3.8, 4) is 5.75 Å². The first-order chi connectivity index (χ1) is 17.1. The van der Waals surface area contributed by atoms with Gasteiger partial charge in [-0.25, -0.2) is 8.78 Å². The van der Waals surface area contributed by atoms with Crippen molar-refractivity contribution in [1.29, 1.82) is 0 Å². The highest BCUT2D eigenvalue weighted by Crippen LogP contribution is 2.46. The minimum Gasteiger partial charge on any atom is -0.503 e. The Kier molecular flexibility index (Phi) is 5.80. The van der Waals surface area contributed by atoms with Gasteiger partial charge in [-0.15, -0.1) is 0 Å². The smallest absolute Gasteiger partial charge is 0.274 e. The molecule has 3 aliphatic heterocycles. The first-order valence-electron chi connectivity index (χ1n) is 11.8. The van der Waals surface area contributed by atoms with Crippen molar-refractivity contribution in [2.75, 3.05) is 13.2 Å². The zero-order valence-electron chi connectivity index (χ0n) is 19.9. The molecule has 11 heteroatoms. The highest BCUT2D eigenvalue weighted by Gasteiger charge is 2.54. The summed E-state index contributed by atoms with van der Waals surface area (Å²) in [5.41, 5.74) is -1.47. The molecule has 2 N–H and O–H groups in total. The van der Waals surface area contributed by atoms with E-state index in [1.54, 1.807) is 17.9 Å². The van der Waals surface area contributed by atoms with Gasteiger partial charge in [0, 0.05) is 37.3 Å². The molecule has 1 spiro atoms. The van der Waals surface area contributed by atoms with E-state index in [1.807, 2.05) is 6.92 Å². The Labute approximate surface area is 205 Å². The molecule has 3 aliphatic rings. The van der Waals surface area contributed by atoms with Crippen LogP contribution in [0.2, 0.25) is 0 Å². The van der Waals surface area contributed by atoms with Crippen LogP contribution < -0.4 is 10.7 Å². The summed E-state index contributed by atoms with van der Waals surface area (Å²) < 4.78 is 29.0. The molecule has 0 saturated carbocycles. The monoisotopic (exact) mass is 500 g/mol. The molecule has 2 aromatic rings. The molecular weight excluding hydrogens is 474 g/mol. The van der Waals surface area contributed by atoms with Gasteiger partial charge < -0.3 is 24.7 Å². The van der Waals surface area contributed by atoms with E-state index in [4.69, 9.17) is 4.84 Å². The van der Waals surface area contributed by atoms with Gasteiger partial charge in [0.15, 0.2) is 17.0 Å². The summed E-state index contributed by atoms with van der Waals surface area (Å²) in [5, 5.41) is 17.2. The van der Waals surface area contributed by atoms with E-state index in [9.17, 15) is 28.3 Å². The molecule has 3 atom stereocenters. The van der Waals surface area contributed by atoms with Crippen LogP contribution >= 0.6 is 0 Å². The number of aryl methyl sites for hydroxylation is 1. The van der Waals surface area contributed by atoms with Gasteiger partial charge in [0.1, 0.15) is 18.1 Å². The Morgan fingerprint density at radius 1 is 1.36 bits per heavy atom. The van der Waals surface area contributed by atoms with E-state index >= 15 is 0 Å². The van der Waals surface area contributed by atoms with Crippen LogP contribution in [-0.2, 0) is 11.4 Å². The van der Waals surface area contributed by atoms with E-state index < -0.39 is 52.7 Å². The summed E-state index contributed by atoms with van der Waals surface area (Å²) in [6.07, 6.45) is 2.42. The van der Waals surface area contributed by atoms with Crippen molar-refractivity contribution in [3.05, 3.63) is 62.8 Å². The molecule has 9 nitrogen and oxygen atoms in total. The van der Waals surface area contributed by atoms with Gasteiger partial charge in [0.25, 0.3) is 11.8 Å². The van der Waals surface area contributed by atoms with Gasteiger partial charge in [0.05, 0.1) is 11.8 Å². The second kappa shape index (κ2) is 8.72. The van der Waals surface area contributed by atoms with Gasteiger partial charge in [0.2, 0.25) is 5.43 Å². The molecule has 1 aromatic carbocycles. The number of aromatic nitrogens is 1. The van der Waals surface area contributed by atoms with Crippen LogP contribution in [0.5, 0.6) is 5.75 Å². The fourth-order valence-electron chi connectivity index (χ4n) is 5.32. The number of benzene rings is 1. The molecule has 2 bridgehead atoms. The maximum absolute atomic E-state index is 14.2. The van der Waals surface area contributed by atoms with Crippen molar-refractivity contribution in [3.63, 3.8) is 0 Å². The molecule has 36 heavy (non-hydrogen) atoms. The molecule has 1 fully saturated rings. The second-order valence-electron chi connectivity index (χ2n) is 9.74. The number of aromatic hydroxyl groups is 1. The molecule has 0 aliphatic carbocycles. The number of nitrogens with one attached hydrogen (secondary N) is 1. The Morgan fingerprint density at radius 3 is 2.83 bits per heavy atom. The summed E-state index contributed by atoms with van der Waals surface area (Å²) >= 11 is 0. The third kappa shape index (κ3) is 3.73. The highest BCUT2D eigenvalue weighted by atomic mass is 19.1. The molecule has 0 unspecified atom stereocenters. The van der Waals surface area contributed by atoms with Gasteiger partial charge >= 0.3 is 0 Å². The second-order valence-corrected chi connectivity index (χ2v) is 9.74. The van der Waals surface area contributed by atoms with E-state index in [-0.39, 0.29) is 42.5 Å². The van der Waals surface area contributed by atoms with E-state index in [0.717, 1.165) is 5.56 Å². The number of nitrogens with zero attached hydrogens (tertiary/aromatic N) is 3. The van der Waals surface area contributed by atoms with E-state index in [1.165, 1.54) is 22.9 Å². The summed E-state index contributed by atoms with van der Waals surface area (Å²) in [6, 6.07) is 3.72. The highest BCUT2D eigenvalue weighted by molar-refractivity contribution is 5.99. The number of hydrogen-bond acceptors (Lipinski definition) is 6. The molecule has 0 radical (unpaired) electrons. The van der Waals surface area contributed by atoms with Crippen LogP contribution in [0.25, 0.3) is 0 Å². The summed E-state index contributed by atoms with van der Waals surface area (Å²) in [6.45, 7) is 2.82. The van der Waals surface area contributed by atoms with Crippen LogP contribution in [0.15, 0.2) is 34.3 Å². The van der Waals surface area contributed by atoms with Crippen LogP contribution in [0.3, 0.4) is 0 Å². The third-order valence-electron chi connectivity index (χ3n) is 7.41. The Balaban J connectivity index is 1.54. The zero-order chi connectivity index (χ0) is 25.8. The molecule has 1 aromatic heterocycles. The predicted octanol–water partition coefficient (Wildman–Crippen LogP) is 2.60. The molecule has 2 amide bonds. The average molecular weight is 501 g/mol. The number of carbonyl (C=O) groups is 2. The minimum absolute atomic E-state index is 0.179. The standard InChI is InChI=1S/C25H26F2N4O5/c1-13-3-4-15(18(27)7-13)10-28-23(34)17-11-31-19-12-30(24(35)20(31)22(33)21(17)32)14(2)5-6-25(19)8-16(9-26)29-36-25/h3-4,7,11,14,19,33H,5-6,8-10,12H2,1-2H3,(H,28,34)/t14-,19+,25+/m0/s1. The number of oxime groups is 1. The normalized spacial score (nSPS) is 24.7. The van der Waals surface area contributed by atoms with Crippen LogP contribution in [0.4, 0.5) is 8.78 Å². The van der Waals surface area contributed by atoms with Crippen LogP contribution in [0.1, 0.15) is 64.2 Å². The summed E-state index contributed by atoms with van der Waals surface area (Å²) in [4.78, 5) is 46.6. The number of pyridine rings is 1. The lowest BCUT2D eigenvalue weighted by atomic mass is 9.84. The molecule has 4 heterocycles. The van der Waals surface area contributed by atoms with Crippen molar-refractivity contribution in [1.82, 2.24) is 14.8 Å². The van der Waals surface area contributed by atoms with Crippen molar-refractivity contribution < 1.29 is 28.3 Å². The lowest BCUT2D eigenvalue weighted by molar-refractivity contribution is -0.0655. The number of rotatable bonds is 4. The number of carbonyl (C=O) groups excluding carboxylic acids is 2. The van der Waals surface area contributed by atoms with Gasteiger partial charge in [-0.2, -0.15) is 0 Å². The minimum atomic E-state index is -1.01. The zero-order valence-corrected chi connectivity index (χ0v) is 19.9. The van der Waals surface area contributed by atoms with Gasteiger partial charge in [-0.05, 0) is 38.3 Å². The van der Waals surface area contributed by atoms with Gasteiger partial charge in [-0.1, -0.05) is 17.3 Å². The number of hydrogen-bond donors (Lipinski definition) is 2. The topological polar surface area (TPSA) is 113 Å². The average Bonchev–Trinajstić information content (AvgIpc) is 3.23. The number of halogens is 2. The molecule has 190 valence electrons. The van der Waals surface area contributed by atoms with Crippen molar-refractivity contribution >= 4 is 17.5 Å². The van der Waals surface area contributed by atoms with E-state index in [0.29, 0.717) is 12.8 Å². The van der Waals surface area contributed by atoms with Crippen LogP contribution in [-0.4, -0.2) is 57.0 Å². The number of alkyl halides is 1.